The average Bonchev–Trinajstić information content (AvgIpc) is 3.45. The first-order valence-corrected chi connectivity index (χ1v) is 12.1. The van der Waals surface area contributed by atoms with Crippen molar-refractivity contribution in [2.24, 2.45) is 4.99 Å². The molecule has 1 aliphatic heterocycles. The Morgan fingerprint density at radius 1 is 1.28 bits per heavy atom. The number of sulfonamides is 1. The van der Waals surface area contributed by atoms with Gasteiger partial charge in [-0.3, -0.25) is 4.99 Å². The maximum absolute atomic E-state index is 12.6. The second-order valence-electron chi connectivity index (χ2n) is 8.03. The molecule has 1 saturated carbocycles. The fourth-order valence-electron chi connectivity index (χ4n) is 3.80. The van der Waals surface area contributed by atoms with E-state index in [-0.39, 0.29) is 23.4 Å². The first-order valence-electron chi connectivity index (χ1n) is 10.1. The van der Waals surface area contributed by atoms with E-state index < -0.39 is 10.0 Å². The highest BCUT2D eigenvalue weighted by molar-refractivity contribution is 7.89. The highest BCUT2D eigenvalue weighted by Crippen LogP contribution is 2.48. The zero-order valence-corrected chi connectivity index (χ0v) is 18.9. The Morgan fingerprint density at radius 2 is 1.97 bits per heavy atom. The Balaban J connectivity index is 1.48. The maximum Gasteiger partial charge on any atom is 0.216 e. The molecule has 0 spiro atoms. The minimum atomic E-state index is -3.34. The van der Waals surface area contributed by atoms with Gasteiger partial charge >= 0.3 is 0 Å². The number of aliphatic imine (C=N–C) groups is 1. The lowest BCUT2D eigenvalue weighted by molar-refractivity contribution is -0.0440. The van der Waals surface area contributed by atoms with E-state index in [0.29, 0.717) is 25.6 Å². The molecular formula is C20H31ClN4O3S. The largest absolute Gasteiger partial charge is 0.373 e. The third-order valence-electron chi connectivity index (χ3n) is 5.54. The third-order valence-corrected chi connectivity index (χ3v) is 7.58. The number of nitrogens with one attached hydrogen (secondary N) is 2. The van der Waals surface area contributed by atoms with E-state index in [1.165, 1.54) is 9.87 Å². The number of ether oxygens (including phenoxy) is 1. The van der Waals surface area contributed by atoms with E-state index in [9.17, 15) is 8.42 Å². The zero-order valence-electron chi connectivity index (χ0n) is 17.3. The standard InChI is InChI=1S/C20H31ClN4O3S/c1-15-12-25(13-16(2)28-15)29(26,27)10-9-23-19(22-3)24-14-20(7-8-20)17-5-4-6-18(21)11-17/h4-6,11,15-16H,7-10,12-14H2,1-3H3,(H2,22,23,24). The van der Waals surface area contributed by atoms with Gasteiger partial charge in [0.15, 0.2) is 5.96 Å². The smallest absolute Gasteiger partial charge is 0.216 e. The molecule has 7 nitrogen and oxygen atoms in total. The number of rotatable bonds is 7. The highest BCUT2D eigenvalue weighted by atomic mass is 35.5. The summed E-state index contributed by atoms with van der Waals surface area (Å²) in [4.78, 5) is 4.23. The van der Waals surface area contributed by atoms with Crippen LogP contribution in [0.2, 0.25) is 5.02 Å². The fourth-order valence-corrected chi connectivity index (χ4v) is 5.48. The van der Waals surface area contributed by atoms with Gasteiger partial charge in [0.05, 0.1) is 18.0 Å². The molecule has 0 bridgehead atoms. The molecule has 2 aliphatic rings. The molecule has 0 radical (unpaired) electrons. The van der Waals surface area contributed by atoms with Crippen LogP contribution in [0.25, 0.3) is 0 Å². The molecule has 9 heteroatoms. The topological polar surface area (TPSA) is 83.0 Å². The van der Waals surface area contributed by atoms with Gasteiger partial charge in [0.25, 0.3) is 0 Å². The van der Waals surface area contributed by atoms with Gasteiger partial charge in [-0.05, 0) is 44.4 Å². The highest BCUT2D eigenvalue weighted by Gasteiger charge is 2.44. The van der Waals surface area contributed by atoms with Crippen molar-refractivity contribution in [3.05, 3.63) is 34.9 Å². The number of halogens is 1. The van der Waals surface area contributed by atoms with Crippen molar-refractivity contribution >= 4 is 27.6 Å². The molecule has 1 aliphatic carbocycles. The van der Waals surface area contributed by atoms with Gasteiger partial charge in [0.1, 0.15) is 0 Å². The summed E-state index contributed by atoms with van der Waals surface area (Å²) in [5, 5.41) is 7.21. The van der Waals surface area contributed by atoms with Crippen molar-refractivity contribution in [3.63, 3.8) is 0 Å². The van der Waals surface area contributed by atoms with Crippen molar-refractivity contribution in [3.8, 4) is 0 Å². The third kappa shape index (κ3) is 5.84. The number of guanidine groups is 1. The number of morpholine rings is 1. The normalized spacial score (nSPS) is 24.9. The van der Waals surface area contributed by atoms with Gasteiger partial charge < -0.3 is 15.4 Å². The molecule has 3 rings (SSSR count). The van der Waals surface area contributed by atoms with Crippen LogP contribution in [0.4, 0.5) is 0 Å². The summed E-state index contributed by atoms with van der Waals surface area (Å²) in [7, 11) is -1.65. The SMILES string of the molecule is CN=C(NCCS(=O)(=O)N1CC(C)OC(C)C1)NCC1(c2cccc(Cl)c2)CC1. The molecule has 0 aromatic heterocycles. The molecule has 162 valence electrons. The van der Waals surface area contributed by atoms with E-state index in [0.717, 1.165) is 24.4 Å². The molecule has 2 N–H and O–H groups in total. The summed E-state index contributed by atoms with van der Waals surface area (Å²) < 4.78 is 32.5. The van der Waals surface area contributed by atoms with Crippen LogP contribution in [0.5, 0.6) is 0 Å². The maximum atomic E-state index is 12.6. The Labute approximate surface area is 178 Å². The Morgan fingerprint density at radius 3 is 2.55 bits per heavy atom. The average molecular weight is 443 g/mol. The molecule has 1 aromatic carbocycles. The predicted octanol–water partition coefficient (Wildman–Crippen LogP) is 1.98. The molecule has 1 aromatic rings. The lowest BCUT2D eigenvalue weighted by Gasteiger charge is -2.34. The van der Waals surface area contributed by atoms with Gasteiger partial charge in [0.2, 0.25) is 10.0 Å². The van der Waals surface area contributed by atoms with Gasteiger partial charge in [-0.2, -0.15) is 4.31 Å². The van der Waals surface area contributed by atoms with Crippen LogP contribution in [-0.4, -0.2) is 69.9 Å². The van der Waals surface area contributed by atoms with Crippen LogP contribution in [0.3, 0.4) is 0 Å². The minimum Gasteiger partial charge on any atom is -0.373 e. The Hall–Kier alpha value is -1.35. The predicted molar refractivity (Wildman–Crippen MR) is 117 cm³/mol. The second kappa shape index (κ2) is 9.20. The summed E-state index contributed by atoms with van der Waals surface area (Å²) in [5.41, 5.74) is 1.31. The van der Waals surface area contributed by atoms with E-state index in [4.69, 9.17) is 16.3 Å². The minimum absolute atomic E-state index is 0.0204. The molecule has 2 atom stereocenters. The second-order valence-corrected chi connectivity index (χ2v) is 10.6. The van der Waals surface area contributed by atoms with Crippen molar-refractivity contribution in [2.75, 3.05) is 39.0 Å². The first-order chi connectivity index (χ1) is 13.7. The molecular weight excluding hydrogens is 412 g/mol. The number of nitrogens with zero attached hydrogens (tertiary/aromatic N) is 2. The van der Waals surface area contributed by atoms with Gasteiger partial charge in [-0.15, -0.1) is 0 Å². The van der Waals surface area contributed by atoms with Crippen molar-refractivity contribution in [1.82, 2.24) is 14.9 Å². The van der Waals surface area contributed by atoms with Gasteiger partial charge in [0, 0.05) is 43.7 Å². The van der Waals surface area contributed by atoms with Gasteiger partial charge in [-0.25, -0.2) is 8.42 Å². The van der Waals surface area contributed by atoms with Crippen LogP contribution in [0.15, 0.2) is 29.3 Å². The molecule has 2 unspecified atom stereocenters. The number of hydrogen-bond donors (Lipinski definition) is 2. The van der Waals surface area contributed by atoms with Crippen LogP contribution >= 0.6 is 11.6 Å². The van der Waals surface area contributed by atoms with E-state index in [1.807, 2.05) is 32.0 Å². The summed E-state index contributed by atoms with van der Waals surface area (Å²) in [6, 6.07) is 7.98. The molecule has 0 amide bonds. The van der Waals surface area contributed by atoms with E-state index >= 15 is 0 Å². The quantitative estimate of drug-likeness (QED) is 0.498. The molecule has 1 saturated heterocycles. The van der Waals surface area contributed by atoms with Gasteiger partial charge in [-0.1, -0.05) is 23.7 Å². The molecule has 2 fully saturated rings. The summed E-state index contributed by atoms with van der Waals surface area (Å²) >= 11 is 6.14. The van der Waals surface area contributed by atoms with Crippen molar-refractivity contribution in [1.29, 1.82) is 0 Å². The van der Waals surface area contributed by atoms with E-state index in [1.54, 1.807) is 7.05 Å². The molecule has 1 heterocycles. The monoisotopic (exact) mass is 442 g/mol. The van der Waals surface area contributed by atoms with Crippen LogP contribution in [-0.2, 0) is 20.2 Å². The van der Waals surface area contributed by atoms with Crippen LogP contribution in [0.1, 0.15) is 32.3 Å². The van der Waals surface area contributed by atoms with Crippen LogP contribution < -0.4 is 10.6 Å². The summed E-state index contributed by atoms with van der Waals surface area (Å²) in [5.74, 6) is 0.629. The molecule has 29 heavy (non-hydrogen) atoms. The van der Waals surface area contributed by atoms with Crippen molar-refractivity contribution in [2.45, 2.75) is 44.3 Å². The van der Waals surface area contributed by atoms with Crippen LogP contribution in [0, 0.1) is 0 Å². The fraction of sp³-hybridized carbons (Fsp3) is 0.650. The summed E-state index contributed by atoms with van der Waals surface area (Å²) in [6.07, 6.45) is 2.02. The zero-order chi connectivity index (χ0) is 21.1. The number of hydrogen-bond acceptors (Lipinski definition) is 4. The lowest BCUT2D eigenvalue weighted by atomic mass is 9.96. The number of benzene rings is 1. The van der Waals surface area contributed by atoms with E-state index in [2.05, 4.69) is 21.7 Å². The summed E-state index contributed by atoms with van der Waals surface area (Å²) in [6.45, 7) is 5.64. The lowest BCUT2D eigenvalue weighted by Crippen LogP contribution is -2.50. The Bertz CT molecular complexity index is 832. The Kier molecular flexibility index (Phi) is 7.09. The first kappa shape index (κ1) is 22.3. The van der Waals surface area contributed by atoms with Crippen molar-refractivity contribution < 1.29 is 13.2 Å².